The molecule has 0 spiro atoms. The molecular formula is H7CaMgO5P. The third-order valence-corrected chi connectivity index (χ3v) is 0.824. The minimum Gasteiger partial charge on any atom is -1.00 e. The molecule has 3 N–H and O–H groups in total. The van der Waals surface area contributed by atoms with Crippen molar-refractivity contribution in [3.63, 3.8) is 0 Å². The summed E-state index contributed by atoms with van der Waals surface area (Å²) in [7, 11) is -4.80. The molecule has 1 aliphatic heterocycles. The quantitative estimate of drug-likeness (QED) is 0.188. The summed E-state index contributed by atoms with van der Waals surface area (Å²) in [6.07, 6.45) is 0. The van der Waals surface area contributed by atoms with Crippen LogP contribution in [-0.4, -0.2) is 75.5 Å². The molecule has 46 valence electrons. The van der Waals surface area contributed by atoms with E-state index in [1.54, 1.807) is 0 Å². The third kappa shape index (κ3) is 5.07. The summed E-state index contributed by atoms with van der Waals surface area (Å²) >= 11 is 0. The van der Waals surface area contributed by atoms with Gasteiger partial charge in [0.2, 0.25) is 0 Å². The summed E-state index contributed by atoms with van der Waals surface area (Å²) in [5.74, 6) is 0. The largest absolute Gasteiger partial charge is 2.00 e. The first-order valence-electron chi connectivity index (χ1n) is 1.13. The van der Waals surface area contributed by atoms with E-state index < -0.39 is 7.74 Å². The first kappa shape index (κ1) is 12.9. The van der Waals surface area contributed by atoms with E-state index in [1.165, 1.54) is 0 Å². The summed E-state index contributed by atoms with van der Waals surface area (Å²) < 4.78 is 6.76. The van der Waals surface area contributed by atoms with Gasteiger partial charge >= 0.3 is 92.6 Å². The van der Waals surface area contributed by atoms with Gasteiger partial charge in [-0.15, -0.1) is 0 Å². The Bertz CT molecular complexity index is 87.2. The second kappa shape index (κ2) is 3.10. The standard InChI is InChI=1S/Ca.Mg.H3O5P.4H/c;;1-6(2,3)4-5-6;;;;/h;;1-3H;;;;/q2*+2;;4*-1. The predicted octanol–water partition coefficient (Wildman–Crippen LogP) is -1.26. The Morgan fingerprint density at radius 2 is 1.25 bits per heavy atom. The van der Waals surface area contributed by atoms with Crippen molar-refractivity contribution in [2.45, 2.75) is 0 Å². The Hall–Kier alpha value is 2.26. The third-order valence-electron chi connectivity index (χ3n) is 0.275. The van der Waals surface area contributed by atoms with Gasteiger partial charge in [0.25, 0.3) is 0 Å². The summed E-state index contributed by atoms with van der Waals surface area (Å²) in [5, 5.41) is 0. The fourth-order valence-corrected chi connectivity index (χ4v) is 0.402. The Kier molecular flexibility index (Phi) is 5.00. The van der Waals surface area contributed by atoms with Crippen LogP contribution in [-0.2, 0) is 9.35 Å². The summed E-state index contributed by atoms with van der Waals surface area (Å²) in [6, 6.07) is 0. The van der Waals surface area contributed by atoms with Crippen LogP contribution in [0.1, 0.15) is 5.71 Å². The molecule has 1 rings (SSSR count). The zero-order valence-corrected chi connectivity index (χ0v) is 8.54. The molecule has 1 heterocycles. The smallest absolute Gasteiger partial charge is 1.00 e. The molecular weight excluding hydrogens is 175 g/mol. The Balaban J connectivity index is -0.0000000150. The maximum absolute atomic E-state index is 7.89. The molecule has 1 saturated heterocycles. The van der Waals surface area contributed by atoms with Crippen LogP contribution in [0, 0.1) is 0 Å². The molecule has 0 aliphatic carbocycles. The molecule has 1 aliphatic rings. The van der Waals surface area contributed by atoms with E-state index in [4.69, 9.17) is 14.7 Å². The van der Waals surface area contributed by atoms with E-state index in [0.29, 0.717) is 0 Å². The van der Waals surface area contributed by atoms with Crippen molar-refractivity contribution in [3.05, 3.63) is 0 Å². The molecule has 0 aromatic heterocycles. The van der Waals surface area contributed by atoms with Gasteiger partial charge < -0.3 is 5.71 Å². The number of rotatable bonds is 0. The van der Waals surface area contributed by atoms with Crippen molar-refractivity contribution in [1.82, 2.24) is 0 Å². The van der Waals surface area contributed by atoms with Gasteiger partial charge in [0.05, 0.1) is 0 Å². The van der Waals surface area contributed by atoms with Crippen LogP contribution in [0.3, 0.4) is 0 Å². The van der Waals surface area contributed by atoms with Crippen LogP contribution >= 0.6 is 7.74 Å². The van der Waals surface area contributed by atoms with Crippen LogP contribution in [0.5, 0.6) is 0 Å². The molecule has 8 heavy (non-hydrogen) atoms. The van der Waals surface area contributed by atoms with Crippen LogP contribution in [0.2, 0.25) is 0 Å². The van der Waals surface area contributed by atoms with Crippen LogP contribution < -0.4 is 0 Å². The van der Waals surface area contributed by atoms with Gasteiger partial charge in [0.15, 0.2) is 0 Å². The van der Waals surface area contributed by atoms with Gasteiger partial charge in [-0.3, -0.25) is 0 Å². The molecule has 0 bridgehead atoms. The molecule has 8 heteroatoms. The van der Waals surface area contributed by atoms with Gasteiger partial charge in [-0.25, -0.2) is 0 Å². The Morgan fingerprint density at radius 3 is 1.25 bits per heavy atom. The molecule has 0 radical (unpaired) electrons. The van der Waals surface area contributed by atoms with E-state index in [2.05, 4.69) is 9.35 Å². The fourth-order valence-electron chi connectivity index (χ4n) is 0.0447. The fraction of sp³-hybridized carbons (Fsp3) is 0. The Labute approximate surface area is 97.3 Å². The van der Waals surface area contributed by atoms with E-state index >= 15 is 0 Å². The minimum absolute atomic E-state index is 0. The second-order valence-electron chi connectivity index (χ2n) is 0.982. The van der Waals surface area contributed by atoms with Crippen molar-refractivity contribution in [3.8, 4) is 0 Å². The zero-order chi connectivity index (χ0) is 4.86. The molecule has 0 aromatic carbocycles. The van der Waals surface area contributed by atoms with Crippen molar-refractivity contribution < 1.29 is 29.7 Å². The first-order chi connectivity index (χ1) is 2.47. The van der Waals surface area contributed by atoms with Gasteiger partial charge in [0, 0.05) is 0 Å². The van der Waals surface area contributed by atoms with Crippen molar-refractivity contribution in [2.24, 2.45) is 0 Å². The molecule has 0 saturated carbocycles. The maximum Gasteiger partial charge on any atom is 2.00 e. The SMILES string of the molecule is OP1(O)(O)OO1.[Ca+2].[H-].[H-].[H-].[H-].[Mg+2]. The monoisotopic (exact) mass is 182 g/mol. The summed E-state index contributed by atoms with van der Waals surface area (Å²) in [4.78, 5) is 23.7. The van der Waals surface area contributed by atoms with Gasteiger partial charge in [0.1, 0.15) is 0 Å². The van der Waals surface area contributed by atoms with Crippen molar-refractivity contribution in [2.75, 3.05) is 0 Å². The topological polar surface area (TPSA) is 85.8 Å². The number of hydrogen-bond donors (Lipinski definition) is 3. The maximum atomic E-state index is 7.89. The zero-order valence-electron chi connectivity index (χ0n) is 8.02. The molecule has 0 amide bonds. The molecule has 0 atom stereocenters. The first-order valence-corrected chi connectivity index (χ1v) is 3.06. The van der Waals surface area contributed by atoms with Gasteiger partial charge in [-0.2, -0.15) is 0 Å². The average Bonchev–Trinajstić information content (AvgIpc) is 1.73. The normalized spacial score (nSPS) is 32.1. The number of hydrogen-bond acceptors (Lipinski definition) is 5. The molecule has 1 fully saturated rings. The van der Waals surface area contributed by atoms with Crippen LogP contribution in [0.4, 0.5) is 0 Å². The van der Waals surface area contributed by atoms with Gasteiger partial charge in [-0.05, 0) is 0 Å². The minimum atomic E-state index is -4.80. The van der Waals surface area contributed by atoms with Crippen molar-refractivity contribution in [1.29, 1.82) is 0 Å². The summed E-state index contributed by atoms with van der Waals surface area (Å²) in [6.45, 7) is 0. The van der Waals surface area contributed by atoms with E-state index in [0.717, 1.165) is 0 Å². The van der Waals surface area contributed by atoms with E-state index in [-0.39, 0.29) is 66.5 Å². The predicted molar refractivity (Wildman–Crippen MR) is 31.7 cm³/mol. The van der Waals surface area contributed by atoms with Crippen molar-refractivity contribution >= 4 is 68.5 Å². The Morgan fingerprint density at radius 1 is 1.12 bits per heavy atom. The molecule has 0 aromatic rings. The van der Waals surface area contributed by atoms with E-state index in [1.807, 2.05) is 0 Å². The van der Waals surface area contributed by atoms with Crippen LogP contribution in [0.15, 0.2) is 0 Å². The summed E-state index contributed by atoms with van der Waals surface area (Å²) in [5.41, 5.74) is 0. The molecule has 0 unspecified atom stereocenters. The van der Waals surface area contributed by atoms with Crippen LogP contribution in [0.25, 0.3) is 0 Å². The second-order valence-corrected chi connectivity index (χ2v) is 2.95. The molecule has 5 nitrogen and oxygen atoms in total. The van der Waals surface area contributed by atoms with E-state index in [9.17, 15) is 0 Å². The average molecular weight is 182 g/mol. The van der Waals surface area contributed by atoms with Gasteiger partial charge in [-0.1, -0.05) is 0 Å².